The summed E-state index contributed by atoms with van der Waals surface area (Å²) in [6.45, 7) is 0.438. The van der Waals surface area contributed by atoms with Crippen LogP contribution >= 0.6 is 11.3 Å². The number of hydrogen-bond donors (Lipinski definition) is 1. The van der Waals surface area contributed by atoms with E-state index >= 15 is 0 Å². The van der Waals surface area contributed by atoms with Gasteiger partial charge in [0.15, 0.2) is 11.0 Å². The summed E-state index contributed by atoms with van der Waals surface area (Å²) in [7, 11) is -1.32. The Hall–Kier alpha value is -3.14. The summed E-state index contributed by atoms with van der Waals surface area (Å²) in [6.07, 6.45) is 4.46. The number of thiophene rings is 1. The molecule has 2 aromatic carbocycles. The van der Waals surface area contributed by atoms with E-state index in [1.54, 1.807) is 39.9 Å². The van der Waals surface area contributed by atoms with Crippen molar-refractivity contribution in [3.05, 3.63) is 93.3 Å². The Morgan fingerprint density at radius 2 is 1.83 bits per heavy atom. The molecule has 0 amide bonds. The first-order chi connectivity index (χ1) is 14.1. The SMILES string of the molecule is O=C(O)c1ccc(CN2C=Cc3sc(C#CCc4ccccc4)cc3S2=O)cc1. The summed E-state index contributed by atoms with van der Waals surface area (Å²) < 4.78 is 14.7. The van der Waals surface area contributed by atoms with Gasteiger partial charge >= 0.3 is 5.97 Å². The van der Waals surface area contributed by atoms with E-state index in [1.165, 1.54) is 5.56 Å². The maximum atomic E-state index is 13.0. The van der Waals surface area contributed by atoms with Gasteiger partial charge in [0.05, 0.1) is 21.9 Å². The van der Waals surface area contributed by atoms with E-state index in [2.05, 4.69) is 11.8 Å². The van der Waals surface area contributed by atoms with E-state index in [1.807, 2.05) is 48.7 Å². The van der Waals surface area contributed by atoms with Crippen LogP contribution < -0.4 is 0 Å². The third kappa shape index (κ3) is 4.48. The zero-order chi connectivity index (χ0) is 20.2. The summed E-state index contributed by atoms with van der Waals surface area (Å²) in [5.74, 6) is 5.40. The lowest BCUT2D eigenvalue weighted by atomic mass is 10.1. The van der Waals surface area contributed by atoms with Gasteiger partial charge in [-0.1, -0.05) is 54.3 Å². The van der Waals surface area contributed by atoms with Gasteiger partial charge < -0.3 is 5.11 Å². The summed E-state index contributed by atoms with van der Waals surface area (Å²) >= 11 is 1.54. The predicted molar refractivity (Wildman–Crippen MR) is 116 cm³/mol. The van der Waals surface area contributed by atoms with Crippen LogP contribution in [0.15, 0.2) is 71.8 Å². The Balaban J connectivity index is 1.46. The Morgan fingerprint density at radius 3 is 2.55 bits per heavy atom. The minimum atomic E-state index is -1.32. The maximum Gasteiger partial charge on any atom is 0.335 e. The highest BCUT2D eigenvalue weighted by atomic mass is 32.2. The van der Waals surface area contributed by atoms with Gasteiger partial charge in [-0.25, -0.2) is 9.00 Å². The van der Waals surface area contributed by atoms with Crippen molar-refractivity contribution in [1.29, 1.82) is 0 Å². The summed E-state index contributed by atoms with van der Waals surface area (Å²) in [5, 5.41) is 9.00. The first-order valence-electron chi connectivity index (χ1n) is 8.96. The highest BCUT2D eigenvalue weighted by molar-refractivity contribution is 7.83. The molecule has 1 aliphatic rings. The number of nitrogens with zero attached hydrogens (tertiary/aromatic N) is 1. The Morgan fingerprint density at radius 1 is 1.07 bits per heavy atom. The number of rotatable bonds is 4. The third-order valence-corrected chi connectivity index (χ3v) is 6.94. The van der Waals surface area contributed by atoms with Crippen molar-refractivity contribution in [3.8, 4) is 11.8 Å². The third-order valence-electron chi connectivity index (χ3n) is 4.40. The van der Waals surface area contributed by atoms with Crippen LogP contribution in [0, 0.1) is 11.8 Å². The summed E-state index contributed by atoms with van der Waals surface area (Å²) in [5.41, 5.74) is 2.31. The van der Waals surface area contributed by atoms with Gasteiger partial charge in [0.1, 0.15) is 0 Å². The second kappa shape index (κ2) is 8.48. The molecule has 1 aliphatic heterocycles. The van der Waals surface area contributed by atoms with Gasteiger partial charge in [0.2, 0.25) is 0 Å². The van der Waals surface area contributed by atoms with Crippen molar-refractivity contribution in [2.24, 2.45) is 0 Å². The van der Waals surface area contributed by atoms with Gasteiger partial charge in [0, 0.05) is 17.5 Å². The van der Waals surface area contributed by atoms with E-state index in [4.69, 9.17) is 5.11 Å². The molecule has 144 valence electrons. The Kier molecular flexibility index (Phi) is 5.61. The fourth-order valence-corrected chi connectivity index (χ4v) is 5.30. The smallest absolute Gasteiger partial charge is 0.335 e. The van der Waals surface area contributed by atoms with E-state index < -0.39 is 17.0 Å². The van der Waals surface area contributed by atoms with Crippen molar-refractivity contribution >= 4 is 34.4 Å². The zero-order valence-electron chi connectivity index (χ0n) is 15.4. The van der Waals surface area contributed by atoms with Crippen molar-refractivity contribution in [3.63, 3.8) is 0 Å². The lowest BCUT2D eigenvalue weighted by Gasteiger charge is -2.22. The van der Waals surface area contributed by atoms with E-state index in [0.717, 1.165) is 20.2 Å². The fraction of sp³-hybridized carbons (Fsp3) is 0.0870. The molecule has 1 unspecified atom stereocenters. The van der Waals surface area contributed by atoms with Crippen molar-refractivity contribution in [2.45, 2.75) is 17.9 Å². The molecule has 1 N–H and O–H groups in total. The van der Waals surface area contributed by atoms with Crippen LogP contribution in [-0.2, 0) is 24.0 Å². The lowest BCUT2D eigenvalue weighted by molar-refractivity contribution is 0.0697. The maximum absolute atomic E-state index is 13.0. The van der Waals surface area contributed by atoms with Gasteiger partial charge in [-0.15, -0.1) is 11.3 Å². The van der Waals surface area contributed by atoms with Crippen LogP contribution in [0.3, 0.4) is 0 Å². The monoisotopic (exact) mass is 419 g/mol. The molecule has 1 aromatic heterocycles. The van der Waals surface area contributed by atoms with Gasteiger partial charge in [-0.05, 0) is 35.4 Å². The predicted octanol–water partition coefficient (Wildman–Crippen LogP) is 4.55. The molecule has 1 atom stereocenters. The fourth-order valence-electron chi connectivity index (χ4n) is 2.91. The molecule has 0 spiro atoms. The number of carboxylic acid groups (broad SMARTS) is 1. The molecule has 4 nitrogen and oxygen atoms in total. The molecular weight excluding hydrogens is 402 g/mol. The largest absolute Gasteiger partial charge is 0.478 e. The van der Waals surface area contributed by atoms with Crippen LogP contribution in [0.1, 0.15) is 31.2 Å². The topological polar surface area (TPSA) is 57.6 Å². The minimum Gasteiger partial charge on any atom is -0.478 e. The number of fused-ring (bicyclic) bond motifs is 1. The van der Waals surface area contributed by atoms with Crippen LogP contribution in [0.25, 0.3) is 6.08 Å². The second-order valence-corrected chi connectivity index (χ2v) is 8.94. The highest BCUT2D eigenvalue weighted by Gasteiger charge is 2.22. The van der Waals surface area contributed by atoms with Crippen molar-refractivity contribution in [2.75, 3.05) is 0 Å². The number of aromatic carboxylic acids is 1. The van der Waals surface area contributed by atoms with E-state index in [9.17, 15) is 9.00 Å². The van der Waals surface area contributed by atoms with Crippen LogP contribution in [0.5, 0.6) is 0 Å². The molecule has 0 bridgehead atoms. The van der Waals surface area contributed by atoms with Crippen LogP contribution in [-0.4, -0.2) is 19.6 Å². The summed E-state index contributed by atoms with van der Waals surface area (Å²) in [6, 6.07) is 18.6. The molecule has 0 radical (unpaired) electrons. The number of hydrogen-bond acceptors (Lipinski definition) is 3. The number of carbonyl (C=O) groups is 1. The molecule has 0 saturated heterocycles. The molecule has 0 aliphatic carbocycles. The molecule has 3 aromatic rings. The molecule has 29 heavy (non-hydrogen) atoms. The number of carboxylic acids is 1. The van der Waals surface area contributed by atoms with Gasteiger partial charge in [-0.2, -0.15) is 0 Å². The van der Waals surface area contributed by atoms with Crippen LogP contribution in [0.4, 0.5) is 0 Å². The molecule has 6 heteroatoms. The van der Waals surface area contributed by atoms with E-state index in [0.29, 0.717) is 13.0 Å². The second-order valence-electron chi connectivity index (χ2n) is 6.45. The standard InChI is InChI=1S/C23H17NO3S2/c25-23(26)19-11-9-18(10-12-19)16-24-14-13-21-22(29(24)27)15-20(28-21)8-4-7-17-5-2-1-3-6-17/h1-3,5-6,9-15H,7,16H2,(H,25,26). The molecule has 4 rings (SSSR count). The van der Waals surface area contributed by atoms with Gasteiger partial charge in [0.25, 0.3) is 0 Å². The highest BCUT2D eigenvalue weighted by Crippen LogP contribution is 2.32. The normalized spacial score (nSPS) is 14.8. The minimum absolute atomic E-state index is 0.239. The lowest BCUT2D eigenvalue weighted by Crippen LogP contribution is -2.22. The van der Waals surface area contributed by atoms with Crippen molar-refractivity contribution < 1.29 is 14.1 Å². The average Bonchev–Trinajstić information content (AvgIpc) is 3.15. The Bertz CT molecular complexity index is 1150. The first-order valence-corrected chi connectivity index (χ1v) is 10.9. The van der Waals surface area contributed by atoms with Gasteiger partial charge in [-0.3, -0.25) is 4.31 Å². The Labute approximate surface area is 175 Å². The molecular formula is C23H17NO3S2. The quantitative estimate of drug-likeness (QED) is 0.631. The van der Waals surface area contributed by atoms with Crippen molar-refractivity contribution in [1.82, 2.24) is 4.31 Å². The zero-order valence-corrected chi connectivity index (χ0v) is 17.0. The molecule has 0 saturated carbocycles. The van der Waals surface area contributed by atoms with E-state index in [-0.39, 0.29) is 5.56 Å². The number of benzene rings is 2. The average molecular weight is 420 g/mol. The molecule has 0 fully saturated rings. The molecule has 2 heterocycles. The summed E-state index contributed by atoms with van der Waals surface area (Å²) in [4.78, 5) is 13.6. The first kappa shape index (κ1) is 19.2. The van der Waals surface area contributed by atoms with Crippen LogP contribution in [0.2, 0.25) is 0 Å².